The fourth-order valence-electron chi connectivity index (χ4n) is 1.50. The molecule has 0 bridgehead atoms. The first kappa shape index (κ1) is 18.1. The fourth-order valence-corrected chi connectivity index (χ4v) is 2.69. The quantitative estimate of drug-likeness (QED) is 0.547. The molecule has 0 aliphatic heterocycles. The minimum absolute atomic E-state index is 0.0303. The standard InChI is InChI=1S/C13H18N2O6S/c1-9-3-5-10(6-4-9)22(19,20)15-11(8-16)13(18)14-7-12(17)21-2/h3-6,11,15-16H,7-8H2,1-2H3,(H,14,18)/t11-/m0/s1. The van der Waals surface area contributed by atoms with Gasteiger partial charge in [-0.05, 0) is 19.1 Å². The summed E-state index contributed by atoms with van der Waals surface area (Å²) in [7, 11) is -2.81. The number of esters is 1. The summed E-state index contributed by atoms with van der Waals surface area (Å²) in [4.78, 5) is 22.6. The molecular formula is C13H18N2O6S. The smallest absolute Gasteiger partial charge is 0.325 e. The fraction of sp³-hybridized carbons (Fsp3) is 0.385. The van der Waals surface area contributed by atoms with Gasteiger partial charge in [-0.1, -0.05) is 17.7 Å². The zero-order valence-corrected chi connectivity index (χ0v) is 13.0. The SMILES string of the molecule is COC(=O)CNC(=O)[C@H](CO)NS(=O)(=O)c1ccc(C)cc1. The maximum absolute atomic E-state index is 12.1. The average Bonchev–Trinajstić information content (AvgIpc) is 2.50. The zero-order valence-electron chi connectivity index (χ0n) is 12.2. The molecule has 1 aromatic rings. The molecule has 1 amide bonds. The molecule has 0 aromatic heterocycles. The highest BCUT2D eigenvalue weighted by atomic mass is 32.2. The van der Waals surface area contributed by atoms with Crippen LogP contribution in [0.4, 0.5) is 0 Å². The van der Waals surface area contributed by atoms with Crippen molar-refractivity contribution in [2.24, 2.45) is 0 Å². The number of aliphatic hydroxyl groups excluding tert-OH is 1. The predicted octanol–water partition coefficient (Wildman–Crippen LogP) is -1.08. The average molecular weight is 330 g/mol. The molecule has 0 aliphatic carbocycles. The molecule has 3 N–H and O–H groups in total. The van der Waals surface area contributed by atoms with Crippen molar-refractivity contribution in [3.05, 3.63) is 29.8 Å². The van der Waals surface area contributed by atoms with Crippen molar-refractivity contribution in [2.45, 2.75) is 17.9 Å². The van der Waals surface area contributed by atoms with E-state index in [9.17, 15) is 18.0 Å². The molecule has 1 atom stereocenters. The van der Waals surface area contributed by atoms with Gasteiger partial charge < -0.3 is 15.2 Å². The summed E-state index contributed by atoms with van der Waals surface area (Å²) < 4.78 is 30.7. The van der Waals surface area contributed by atoms with Gasteiger partial charge in [0.2, 0.25) is 15.9 Å². The van der Waals surface area contributed by atoms with Gasteiger partial charge in [-0.25, -0.2) is 8.42 Å². The van der Waals surface area contributed by atoms with Crippen molar-refractivity contribution >= 4 is 21.9 Å². The second kappa shape index (κ2) is 7.87. The number of methoxy groups -OCH3 is 1. The Bertz CT molecular complexity index is 626. The highest BCUT2D eigenvalue weighted by molar-refractivity contribution is 7.89. The molecule has 0 saturated carbocycles. The summed E-state index contributed by atoms with van der Waals surface area (Å²) in [6.07, 6.45) is 0. The van der Waals surface area contributed by atoms with Crippen LogP contribution in [0.5, 0.6) is 0 Å². The van der Waals surface area contributed by atoms with Crippen molar-refractivity contribution in [1.29, 1.82) is 0 Å². The minimum atomic E-state index is -3.96. The summed E-state index contributed by atoms with van der Waals surface area (Å²) in [6, 6.07) is 4.59. The van der Waals surface area contributed by atoms with Crippen LogP contribution in [0.25, 0.3) is 0 Å². The van der Waals surface area contributed by atoms with Gasteiger partial charge in [-0.2, -0.15) is 4.72 Å². The number of hydrogen-bond donors (Lipinski definition) is 3. The van der Waals surface area contributed by atoms with Crippen LogP contribution in [0.15, 0.2) is 29.2 Å². The number of benzene rings is 1. The van der Waals surface area contributed by atoms with Crippen LogP contribution in [0.2, 0.25) is 0 Å². The van der Waals surface area contributed by atoms with Gasteiger partial charge in [0.1, 0.15) is 12.6 Å². The number of aliphatic hydroxyl groups is 1. The van der Waals surface area contributed by atoms with Gasteiger partial charge >= 0.3 is 5.97 Å². The molecule has 0 spiro atoms. The van der Waals surface area contributed by atoms with Crippen molar-refractivity contribution in [2.75, 3.05) is 20.3 Å². The van der Waals surface area contributed by atoms with Crippen molar-refractivity contribution < 1.29 is 27.9 Å². The third kappa shape index (κ3) is 5.10. The molecule has 22 heavy (non-hydrogen) atoms. The third-order valence-electron chi connectivity index (χ3n) is 2.76. The number of amides is 1. The number of aryl methyl sites for hydroxylation is 1. The Labute approximate surface area is 128 Å². The third-order valence-corrected chi connectivity index (χ3v) is 4.25. The Hall–Kier alpha value is -1.97. The lowest BCUT2D eigenvalue weighted by Gasteiger charge is -2.16. The van der Waals surface area contributed by atoms with Crippen molar-refractivity contribution in [3.8, 4) is 0 Å². The van der Waals surface area contributed by atoms with Gasteiger partial charge in [0.05, 0.1) is 18.6 Å². The number of sulfonamides is 1. The minimum Gasteiger partial charge on any atom is -0.468 e. The van der Waals surface area contributed by atoms with E-state index in [2.05, 4.69) is 14.8 Å². The highest BCUT2D eigenvalue weighted by Gasteiger charge is 2.25. The Balaban J connectivity index is 2.77. The van der Waals surface area contributed by atoms with Gasteiger partial charge in [0, 0.05) is 0 Å². The van der Waals surface area contributed by atoms with E-state index in [0.29, 0.717) is 0 Å². The number of nitrogens with one attached hydrogen (secondary N) is 2. The maximum atomic E-state index is 12.1. The van der Waals surface area contributed by atoms with Crippen LogP contribution < -0.4 is 10.0 Å². The first-order valence-corrected chi connectivity index (χ1v) is 7.83. The molecule has 0 fully saturated rings. The van der Waals surface area contributed by atoms with Gasteiger partial charge in [0.25, 0.3) is 0 Å². The summed E-state index contributed by atoms with van der Waals surface area (Å²) in [5.74, 6) is -1.52. The zero-order chi connectivity index (χ0) is 16.8. The van der Waals surface area contributed by atoms with E-state index >= 15 is 0 Å². The number of hydrogen-bond acceptors (Lipinski definition) is 6. The van der Waals surface area contributed by atoms with E-state index in [1.165, 1.54) is 12.1 Å². The predicted molar refractivity (Wildman–Crippen MR) is 77.4 cm³/mol. The van der Waals surface area contributed by atoms with Crippen LogP contribution >= 0.6 is 0 Å². The number of ether oxygens (including phenoxy) is 1. The van der Waals surface area contributed by atoms with Gasteiger partial charge in [-0.15, -0.1) is 0 Å². The topological polar surface area (TPSA) is 122 Å². The normalized spacial score (nSPS) is 12.5. The van der Waals surface area contributed by atoms with E-state index in [-0.39, 0.29) is 4.90 Å². The van der Waals surface area contributed by atoms with Crippen LogP contribution in [-0.4, -0.2) is 51.7 Å². The molecule has 9 heteroatoms. The monoisotopic (exact) mass is 330 g/mol. The molecule has 0 radical (unpaired) electrons. The first-order valence-electron chi connectivity index (χ1n) is 6.34. The van der Waals surface area contributed by atoms with Crippen LogP contribution in [0, 0.1) is 6.92 Å². The molecule has 8 nitrogen and oxygen atoms in total. The van der Waals surface area contributed by atoms with E-state index in [0.717, 1.165) is 12.7 Å². The molecule has 0 unspecified atom stereocenters. The number of carbonyl (C=O) groups is 2. The highest BCUT2D eigenvalue weighted by Crippen LogP contribution is 2.10. The van der Waals surface area contributed by atoms with Gasteiger partial charge in [-0.3, -0.25) is 9.59 Å². The van der Waals surface area contributed by atoms with Gasteiger partial charge in [0.15, 0.2) is 0 Å². The van der Waals surface area contributed by atoms with Crippen LogP contribution in [0.3, 0.4) is 0 Å². The first-order chi connectivity index (χ1) is 10.3. The van der Waals surface area contributed by atoms with Crippen LogP contribution in [0.1, 0.15) is 5.56 Å². The summed E-state index contributed by atoms with van der Waals surface area (Å²) in [5, 5.41) is 11.3. The molecule has 0 aliphatic rings. The Morgan fingerprint density at radius 2 is 1.86 bits per heavy atom. The van der Waals surface area contributed by atoms with E-state index in [1.807, 2.05) is 0 Å². The van der Waals surface area contributed by atoms with E-state index in [1.54, 1.807) is 19.1 Å². The van der Waals surface area contributed by atoms with Crippen molar-refractivity contribution in [3.63, 3.8) is 0 Å². The molecule has 122 valence electrons. The number of carbonyl (C=O) groups excluding carboxylic acids is 2. The lowest BCUT2D eigenvalue weighted by atomic mass is 10.2. The molecule has 0 heterocycles. The number of rotatable bonds is 7. The summed E-state index contributed by atoms with van der Waals surface area (Å²) in [5.41, 5.74) is 0.883. The Morgan fingerprint density at radius 3 is 2.36 bits per heavy atom. The van der Waals surface area contributed by atoms with Crippen LogP contribution in [-0.2, 0) is 24.3 Å². The lowest BCUT2D eigenvalue weighted by molar-refractivity contribution is -0.141. The molecule has 1 aromatic carbocycles. The lowest BCUT2D eigenvalue weighted by Crippen LogP contribution is -2.49. The summed E-state index contributed by atoms with van der Waals surface area (Å²) >= 11 is 0. The van der Waals surface area contributed by atoms with E-state index < -0.39 is 41.1 Å². The largest absolute Gasteiger partial charge is 0.468 e. The second-order valence-corrected chi connectivity index (χ2v) is 6.18. The van der Waals surface area contributed by atoms with Crippen molar-refractivity contribution in [1.82, 2.24) is 10.0 Å². The Morgan fingerprint density at radius 1 is 1.27 bits per heavy atom. The molecular weight excluding hydrogens is 312 g/mol. The second-order valence-electron chi connectivity index (χ2n) is 4.46. The molecule has 0 saturated heterocycles. The molecule has 1 rings (SSSR count). The van der Waals surface area contributed by atoms with E-state index in [4.69, 9.17) is 5.11 Å². The Kier molecular flexibility index (Phi) is 6.47. The maximum Gasteiger partial charge on any atom is 0.325 e. The summed E-state index contributed by atoms with van der Waals surface area (Å²) in [6.45, 7) is 0.636.